The van der Waals surface area contributed by atoms with E-state index in [0.29, 0.717) is 31.7 Å². The van der Waals surface area contributed by atoms with Crippen LogP contribution >= 0.6 is 0 Å². The van der Waals surface area contributed by atoms with Crippen LogP contribution in [0.15, 0.2) is 77.6 Å². The van der Waals surface area contributed by atoms with Gasteiger partial charge in [-0.25, -0.2) is 4.79 Å². The van der Waals surface area contributed by atoms with E-state index in [2.05, 4.69) is 10.6 Å². The van der Waals surface area contributed by atoms with Crippen LogP contribution in [-0.2, 0) is 17.8 Å². The summed E-state index contributed by atoms with van der Waals surface area (Å²) in [5.74, 6) is 0.0959. The van der Waals surface area contributed by atoms with Crippen LogP contribution in [-0.4, -0.2) is 40.5 Å². The first-order valence-corrected chi connectivity index (χ1v) is 12.1. The van der Waals surface area contributed by atoms with Gasteiger partial charge in [0.25, 0.3) is 5.56 Å². The number of fused-ring (bicyclic) bond motifs is 4. The van der Waals surface area contributed by atoms with E-state index in [1.165, 1.54) is 0 Å². The Kier molecular flexibility index (Phi) is 6.40. The van der Waals surface area contributed by atoms with E-state index in [9.17, 15) is 14.4 Å². The molecule has 3 aromatic rings. The van der Waals surface area contributed by atoms with Gasteiger partial charge < -0.3 is 20.1 Å². The molecule has 3 amide bonds. The molecule has 1 saturated heterocycles. The molecule has 7 nitrogen and oxygen atoms in total. The average Bonchev–Trinajstić information content (AvgIpc) is 2.85. The molecule has 2 aromatic carbocycles. The molecule has 5 rings (SSSR count). The van der Waals surface area contributed by atoms with Gasteiger partial charge >= 0.3 is 6.03 Å². The maximum atomic E-state index is 13.4. The number of likely N-dealkylation sites (tertiary alicyclic amines) is 1. The van der Waals surface area contributed by atoms with Crippen LogP contribution < -0.4 is 16.2 Å². The SMILES string of the molecule is Cc1cccc(NC(=O)[C@H](Cc2ccccc2)NC(=O)N2C[C@H]3C[C@@H](C2)c2cccc(=O)n2C3)c1. The summed E-state index contributed by atoms with van der Waals surface area (Å²) < 4.78 is 1.85. The van der Waals surface area contributed by atoms with E-state index in [1.807, 2.05) is 72.2 Å². The maximum absolute atomic E-state index is 13.4. The minimum Gasteiger partial charge on any atom is -0.326 e. The van der Waals surface area contributed by atoms with Gasteiger partial charge in [0.1, 0.15) is 6.04 Å². The number of carbonyl (C=O) groups is 2. The van der Waals surface area contributed by atoms with E-state index in [4.69, 9.17) is 0 Å². The van der Waals surface area contributed by atoms with Crippen molar-refractivity contribution in [1.29, 1.82) is 0 Å². The number of urea groups is 1. The van der Waals surface area contributed by atoms with Crippen molar-refractivity contribution >= 4 is 17.6 Å². The van der Waals surface area contributed by atoms with Crippen LogP contribution in [0.5, 0.6) is 0 Å². The number of hydrogen-bond acceptors (Lipinski definition) is 3. The summed E-state index contributed by atoms with van der Waals surface area (Å²) in [6.45, 7) is 3.69. The molecule has 3 heterocycles. The number of piperidine rings is 1. The standard InChI is InChI=1S/C28H30N4O3/c1-19-7-5-10-23(13-19)29-27(34)24(15-20-8-3-2-4-9-20)30-28(35)31-16-21-14-22(18-31)25-11-6-12-26(33)32(25)17-21/h2-13,21-22,24H,14-18H2,1H3,(H,29,34)(H,30,35)/t21-,22+,24+/m1/s1. The second kappa shape index (κ2) is 9.78. The molecule has 1 fully saturated rings. The molecule has 7 heteroatoms. The Bertz CT molecular complexity index is 1290. The minimum absolute atomic E-state index is 0.0193. The fraction of sp³-hybridized carbons (Fsp3) is 0.321. The number of hydrogen-bond donors (Lipinski definition) is 2. The molecule has 2 aliphatic heterocycles. The molecule has 0 aliphatic carbocycles. The fourth-order valence-corrected chi connectivity index (χ4v) is 5.31. The van der Waals surface area contributed by atoms with Crippen molar-refractivity contribution in [3.8, 4) is 0 Å². The molecule has 35 heavy (non-hydrogen) atoms. The van der Waals surface area contributed by atoms with Gasteiger partial charge in [-0.2, -0.15) is 0 Å². The number of pyridine rings is 1. The molecule has 2 bridgehead atoms. The highest BCUT2D eigenvalue weighted by molar-refractivity contribution is 5.97. The normalized spacial score (nSPS) is 19.4. The molecule has 0 spiro atoms. The third-order valence-electron chi connectivity index (χ3n) is 6.95. The van der Waals surface area contributed by atoms with Crippen LogP contribution in [0.2, 0.25) is 0 Å². The summed E-state index contributed by atoms with van der Waals surface area (Å²) in [5, 5.41) is 5.96. The summed E-state index contributed by atoms with van der Waals surface area (Å²) >= 11 is 0. The van der Waals surface area contributed by atoms with Crippen LogP contribution in [0.25, 0.3) is 0 Å². The summed E-state index contributed by atoms with van der Waals surface area (Å²) in [5.41, 5.74) is 3.73. The van der Waals surface area contributed by atoms with Gasteiger partial charge in [0.05, 0.1) is 0 Å². The van der Waals surface area contributed by atoms with Crippen LogP contribution in [0.1, 0.15) is 29.2 Å². The van der Waals surface area contributed by atoms with Crippen molar-refractivity contribution in [1.82, 2.24) is 14.8 Å². The van der Waals surface area contributed by atoms with E-state index < -0.39 is 6.04 Å². The quantitative estimate of drug-likeness (QED) is 0.598. The van der Waals surface area contributed by atoms with Crippen molar-refractivity contribution in [3.63, 3.8) is 0 Å². The molecule has 0 radical (unpaired) electrons. The van der Waals surface area contributed by atoms with Gasteiger partial charge in [0.2, 0.25) is 5.91 Å². The van der Waals surface area contributed by atoms with Crippen molar-refractivity contribution in [2.24, 2.45) is 5.92 Å². The number of anilines is 1. The molecule has 180 valence electrons. The Morgan fingerprint density at radius 3 is 2.57 bits per heavy atom. The number of amides is 3. The van der Waals surface area contributed by atoms with Gasteiger partial charge in [-0.05, 0) is 48.6 Å². The first-order chi connectivity index (χ1) is 17.0. The van der Waals surface area contributed by atoms with Crippen molar-refractivity contribution in [2.75, 3.05) is 18.4 Å². The predicted octanol–water partition coefficient (Wildman–Crippen LogP) is 3.54. The molecule has 0 saturated carbocycles. The first kappa shape index (κ1) is 22.9. The number of rotatable bonds is 5. The lowest BCUT2D eigenvalue weighted by Gasteiger charge is -2.43. The summed E-state index contributed by atoms with van der Waals surface area (Å²) in [4.78, 5) is 40.8. The van der Waals surface area contributed by atoms with Gasteiger partial charge in [0, 0.05) is 49.4 Å². The topological polar surface area (TPSA) is 83.4 Å². The van der Waals surface area contributed by atoms with Gasteiger partial charge in [-0.3, -0.25) is 9.59 Å². The summed E-state index contributed by atoms with van der Waals surface area (Å²) in [7, 11) is 0. The largest absolute Gasteiger partial charge is 0.326 e. The van der Waals surface area contributed by atoms with E-state index >= 15 is 0 Å². The number of aryl methyl sites for hydroxylation is 1. The Morgan fingerprint density at radius 2 is 1.77 bits per heavy atom. The lowest BCUT2D eigenvalue weighted by Crippen LogP contribution is -2.55. The highest BCUT2D eigenvalue weighted by Crippen LogP contribution is 2.34. The Hall–Kier alpha value is -3.87. The first-order valence-electron chi connectivity index (χ1n) is 12.1. The van der Waals surface area contributed by atoms with E-state index in [-0.39, 0.29) is 29.3 Å². The molecular weight excluding hydrogens is 440 g/mol. The molecular formula is C28H30N4O3. The second-order valence-corrected chi connectivity index (χ2v) is 9.65. The van der Waals surface area contributed by atoms with Crippen LogP contribution in [0.3, 0.4) is 0 Å². The fourth-order valence-electron chi connectivity index (χ4n) is 5.31. The van der Waals surface area contributed by atoms with Gasteiger partial charge in [-0.15, -0.1) is 0 Å². The lowest BCUT2D eigenvalue weighted by atomic mass is 9.83. The number of nitrogens with zero attached hydrogens (tertiary/aromatic N) is 2. The molecule has 1 aromatic heterocycles. The average molecular weight is 471 g/mol. The maximum Gasteiger partial charge on any atom is 0.318 e. The second-order valence-electron chi connectivity index (χ2n) is 9.65. The van der Waals surface area contributed by atoms with Crippen LogP contribution in [0, 0.1) is 12.8 Å². The molecule has 0 unspecified atom stereocenters. The van der Waals surface area contributed by atoms with Crippen LogP contribution in [0.4, 0.5) is 10.5 Å². The van der Waals surface area contributed by atoms with Gasteiger partial charge in [0.15, 0.2) is 0 Å². The molecule has 3 atom stereocenters. The third-order valence-corrected chi connectivity index (χ3v) is 6.95. The van der Waals surface area contributed by atoms with Crippen molar-refractivity contribution in [2.45, 2.75) is 38.3 Å². The van der Waals surface area contributed by atoms with Crippen molar-refractivity contribution in [3.05, 3.63) is 100.0 Å². The summed E-state index contributed by atoms with van der Waals surface area (Å²) in [6.07, 6.45) is 1.36. The van der Waals surface area contributed by atoms with E-state index in [0.717, 1.165) is 23.2 Å². The highest BCUT2D eigenvalue weighted by Gasteiger charge is 2.37. The van der Waals surface area contributed by atoms with E-state index in [1.54, 1.807) is 17.0 Å². The number of nitrogens with one attached hydrogen (secondary N) is 2. The molecule has 2 N–H and O–H groups in total. The number of carbonyl (C=O) groups excluding carboxylic acids is 2. The third kappa shape index (κ3) is 5.14. The Labute approximate surface area is 204 Å². The van der Waals surface area contributed by atoms with Crippen molar-refractivity contribution < 1.29 is 9.59 Å². The zero-order chi connectivity index (χ0) is 24.4. The Morgan fingerprint density at radius 1 is 0.971 bits per heavy atom. The predicted molar refractivity (Wildman–Crippen MR) is 135 cm³/mol. The van der Waals surface area contributed by atoms with Gasteiger partial charge in [-0.1, -0.05) is 48.5 Å². The zero-order valence-corrected chi connectivity index (χ0v) is 19.8. The molecule has 2 aliphatic rings. The zero-order valence-electron chi connectivity index (χ0n) is 19.8. The highest BCUT2D eigenvalue weighted by atomic mass is 16.2. The minimum atomic E-state index is -0.720. The smallest absolute Gasteiger partial charge is 0.318 e. The monoisotopic (exact) mass is 470 g/mol. The number of aromatic nitrogens is 1. The Balaban J connectivity index is 1.32. The number of benzene rings is 2. The lowest BCUT2D eigenvalue weighted by molar-refractivity contribution is -0.118. The summed E-state index contributed by atoms with van der Waals surface area (Å²) in [6, 6.07) is 21.7.